The topological polar surface area (TPSA) is 26.6 Å². The molecule has 0 atom stereocenters. The van der Waals surface area contributed by atoms with E-state index in [-0.39, 0.29) is 18.8 Å². The molecule has 79 heavy (non-hydrogen) atoms. The van der Waals surface area contributed by atoms with Crippen molar-refractivity contribution >= 4 is 85.1 Å². The van der Waals surface area contributed by atoms with Crippen LogP contribution in [-0.4, -0.2) is 18.0 Å². The van der Waals surface area contributed by atoms with Gasteiger partial charge in [0.05, 0.1) is 16.9 Å². The highest BCUT2D eigenvalue weighted by atomic mass is 16.5. The molecule has 4 nitrogen and oxygen atoms in total. The van der Waals surface area contributed by atoms with Crippen molar-refractivity contribution in [1.82, 2.24) is 4.57 Å². The molecule has 390 valence electrons. The molecule has 0 amide bonds. The molecule has 0 saturated heterocycles. The van der Waals surface area contributed by atoms with Crippen LogP contribution in [0.5, 0.6) is 23.0 Å². The van der Waals surface area contributed by atoms with Crippen LogP contribution in [0.25, 0.3) is 49.7 Å². The summed E-state index contributed by atoms with van der Waals surface area (Å²) < 4.78 is 18.3. The Labute approximate surface area is 468 Å². The van der Waals surface area contributed by atoms with Gasteiger partial charge >= 0.3 is 0 Å². The Kier molecular flexibility index (Phi) is 11.2. The van der Waals surface area contributed by atoms with Crippen LogP contribution in [0.3, 0.4) is 0 Å². The second-order valence-electron chi connectivity index (χ2n) is 25.8. The molecule has 0 bridgehead atoms. The Hall–Kier alpha value is -7.69. The van der Waals surface area contributed by atoms with E-state index in [4.69, 9.17) is 9.47 Å². The van der Waals surface area contributed by atoms with Crippen molar-refractivity contribution in [2.24, 2.45) is 0 Å². The maximum atomic E-state index is 7.87. The van der Waals surface area contributed by atoms with Gasteiger partial charge in [0.15, 0.2) is 0 Å². The van der Waals surface area contributed by atoms with E-state index in [0.29, 0.717) is 29.6 Å². The smallest absolute Gasteiger partial charge is 0.256 e. The quantitative estimate of drug-likeness (QED) is 0.142. The average Bonchev–Trinajstić information content (AvgIpc) is 2.62. The summed E-state index contributed by atoms with van der Waals surface area (Å²) in [7, 11) is 0. The molecule has 0 unspecified atom stereocenters. The predicted octanol–water partition coefficient (Wildman–Crippen LogP) is 16.4. The number of hydrogen-bond acceptors (Lipinski definition) is 3. The van der Waals surface area contributed by atoms with Crippen LogP contribution >= 0.6 is 0 Å². The molecular formula is C73H70B2N2O2. The lowest BCUT2D eigenvalue weighted by atomic mass is 9.31. The van der Waals surface area contributed by atoms with E-state index in [1.165, 1.54) is 93.8 Å². The molecule has 4 aliphatic heterocycles. The number of rotatable bonds is 8. The van der Waals surface area contributed by atoms with Crippen LogP contribution in [0.1, 0.15) is 153 Å². The van der Waals surface area contributed by atoms with Gasteiger partial charge in [-0.05, 0) is 161 Å². The van der Waals surface area contributed by atoms with Gasteiger partial charge in [-0.1, -0.05) is 199 Å². The van der Waals surface area contributed by atoms with Gasteiger partial charge in [0, 0.05) is 38.6 Å². The molecule has 0 saturated carbocycles. The van der Waals surface area contributed by atoms with E-state index >= 15 is 0 Å². The average molecular weight is 1030 g/mol. The number of anilines is 3. The summed E-state index contributed by atoms with van der Waals surface area (Å²) in [5.41, 5.74) is 26.8. The fourth-order valence-electron chi connectivity index (χ4n) is 13.5. The molecule has 0 radical (unpaired) electrons. The minimum absolute atomic E-state index is 0.0523. The van der Waals surface area contributed by atoms with Crippen molar-refractivity contribution in [3.8, 4) is 50.9 Å². The fourth-order valence-corrected chi connectivity index (χ4v) is 13.5. The number of hydrogen-bond donors (Lipinski definition) is 0. The Balaban J connectivity index is 1.13. The molecule has 0 N–H and O–H groups in total. The molecule has 0 fully saturated rings. The van der Waals surface area contributed by atoms with Crippen LogP contribution in [0, 0.1) is 0 Å². The summed E-state index contributed by atoms with van der Waals surface area (Å²) >= 11 is 0. The van der Waals surface area contributed by atoms with Crippen LogP contribution in [0.4, 0.5) is 17.1 Å². The molecule has 1 aromatic heterocycles. The van der Waals surface area contributed by atoms with Gasteiger partial charge in [0.2, 0.25) is 0 Å². The summed E-state index contributed by atoms with van der Waals surface area (Å²) in [6, 6.07) is 61.1. The third-order valence-corrected chi connectivity index (χ3v) is 18.2. The maximum Gasteiger partial charge on any atom is 0.256 e. The van der Waals surface area contributed by atoms with E-state index in [2.05, 4.69) is 257 Å². The SMILES string of the molecule is CC(C)c1ccc(-c2ccc3c(c2)B2c4c(c5c6c(c4-n4c7ccc(C(C)C)cc7c7cc(C(C)C)cc2c74)Oc2ccc(-c4ccc(C(C)(C)C)cc4)cc2B6c2cc(C(C)C)ccc2N5c2ccc(C(C)C)cc2)O3)cc1. The number of nitrogens with zero attached hydrogens (tertiary/aromatic N) is 2. The fraction of sp³-hybridized carbons (Fsp3) is 0.260. The molecule has 6 heteroatoms. The molecule has 0 spiro atoms. The molecule has 5 heterocycles. The van der Waals surface area contributed by atoms with E-state index in [1.54, 1.807) is 0 Å². The predicted molar refractivity (Wildman–Crippen MR) is 338 cm³/mol. The highest BCUT2D eigenvalue weighted by Gasteiger charge is 2.51. The largest absolute Gasteiger partial charge is 0.456 e. The standard InChI is InChI=1S/C73H70B2N2O2/c1-40(2)45-14-16-47(17-15-45)51-24-33-65-60(38-51)75-61-39-53(44(9)10)35-57-56-34-49(42(5)6)22-30-62(56)77(68(57)61)70-67(75)71(78-65)69-66-72(70)79-64-32-25-52(48-18-26-54(27-19-48)73(11,12)13)37-59(64)74(66)58-36-50(43(7)8)23-31-63(58)76(69)55-28-20-46(21-29-55)41(3)4/h14-44H,1-13H3. The molecule has 9 aromatic carbocycles. The van der Waals surface area contributed by atoms with Gasteiger partial charge in [-0.25, -0.2) is 0 Å². The van der Waals surface area contributed by atoms with Crippen molar-refractivity contribution in [1.29, 1.82) is 0 Å². The van der Waals surface area contributed by atoms with Gasteiger partial charge < -0.3 is 18.9 Å². The number of aromatic nitrogens is 1. The van der Waals surface area contributed by atoms with Crippen LogP contribution < -0.4 is 47.2 Å². The van der Waals surface area contributed by atoms with Gasteiger partial charge in [0.1, 0.15) is 23.0 Å². The van der Waals surface area contributed by atoms with Crippen molar-refractivity contribution in [3.05, 3.63) is 191 Å². The van der Waals surface area contributed by atoms with Crippen molar-refractivity contribution in [3.63, 3.8) is 0 Å². The third kappa shape index (κ3) is 7.56. The summed E-state index contributed by atoms with van der Waals surface area (Å²) in [4.78, 5) is 2.53. The molecule has 0 aliphatic carbocycles. The van der Waals surface area contributed by atoms with E-state index in [1.807, 2.05) is 0 Å². The van der Waals surface area contributed by atoms with E-state index < -0.39 is 0 Å². The lowest BCUT2D eigenvalue weighted by Crippen LogP contribution is -2.63. The van der Waals surface area contributed by atoms with E-state index in [9.17, 15) is 0 Å². The monoisotopic (exact) mass is 1030 g/mol. The Morgan fingerprint density at radius 1 is 0.392 bits per heavy atom. The lowest BCUT2D eigenvalue weighted by Gasteiger charge is -2.45. The first-order valence-corrected chi connectivity index (χ1v) is 29.2. The lowest BCUT2D eigenvalue weighted by molar-refractivity contribution is 0.475. The Morgan fingerprint density at radius 3 is 1.42 bits per heavy atom. The van der Waals surface area contributed by atoms with Crippen molar-refractivity contribution in [2.75, 3.05) is 4.90 Å². The molecule has 14 rings (SSSR count). The van der Waals surface area contributed by atoms with Crippen LogP contribution in [-0.2, 0) is 5.41 Å². The van der Waals surface area contributed by atoms with Crippen LogP contribution in [0.15, 0.2) is 158 Å². The Morgan fingerprint density at radius 2 is 0.848 bits per heavy atom. The second kappa shape index (κ2) is 17.9. The minimum Gasteiger partial charge on any atom is -0.456 e. The maximum absolute atomic E-state index is 7.87. The molecule has 10 aromatic rings. The van der Waals surface area contributed by atoms with Crippen molar-refractivity contribution < 1.29 is 9.47 Å². The van der Waals surface area contributed by atoms with Gasteiger partial charge in [-0.2, -0.15) is 0 Å². The summed E-state index contributed by atoms with van der Waals surface area (Å²) in [5, 5.41) is 2.56. The molecular weight excluding hydrogens is 958 g/mol. The minimum atomic E-state index is -0.182. The van der Waals surface area contributed by atoms with Gasteiger partial charge in [-0.3, -0.25) is 0 Å². The highest BCUT2D eigenvalue weighted by Crippen LogP contribution is 2.52. The zero-order valence-electron chi connectivity index (χ0n) is 48.3. The van der Waals surface area contributed by atoms with E-state index in [0.717, 1.165) is 62.1 Å². The van der Waals surface area contributed by atoms with Crippen LogP contribution in [0.2, 0.25) is 0 Å². The zero-order chi connectivity index (χ0) is 54.7. The normalized spacial score (nSPS) is 13.8. The first-order valence-electron chi connectivity index (χ1n) is 29.2. The molecule has 4 aliphatic rings. The zero-order valence-corrected chi connectivity index (χ0v) is 48.3. The second-order valence-corrected chi connectivity index (χ2v) is 25.8. The Bertz CT molecular complexity index is 4150. The summed E-state index contributed by atoms with van der Waals surface area (Å²) in [5.74, 6) is 5.42. The van der Waals surface area contributed by atoms with Crippen molar-refractivity contribution in [2.45, 2.75) is 125 Å². The number of fused-ring (bicyclic) bond motifs is 13. The van der Waals surface area contributed by atoms with Gasteiger partial charge in [-0.15, -0.1) is 0 Å². The highest BCUT2D eigenvalue weighted by molar-refractivity contribution is 7.02. The number of benzene rings is 9. The first-order chi connectivity index (χ1) is 37.9. The summed E-state index contributed by atoms with van der Waals surface area (Å²) in [6.07, 6.45) is 0. The first kappa shape index (κ1) is 49.6. The van der Waals surface area contributed by atoms with Gasteiger partial charge in [0.25, 0.3) is 13.4 Å². The summed E-state index contributed by atoms with van der Waals surface area (Å²) in [6.45, 7) is 29.5. The third-order valence-electron chi connectivity index (χ3n) is 18.2. The number of ether oxygens (including phenoxy) is 2.